The quantitative estimate of drug-likeness (QED) is 0.105. The summed E-state index contributed by atoms with van der Waals surface area (Å²) < 4.78 is 96.0. The number of anilines is 4. The minimum absolute atomic E-state index is 0.0688. The molecule has 24 heteroatoms. The molecule has 18 nitrogen and oxygen atoms in total. The predicted molar refractivity (Wildman–Crippen MR) is 234 cm³/mol. The second-order valence-electron chi connectivity index (χ2n) is 14.8. The number of nitrogens with two attached hydrogens (primary N) is 2. The van der Waals surface area contributed by atoms with E-state index >= 15 is 0 Å². The van der Waals surface area contributed by atoms with Crippen LogP contribution in [0.2, 0.25) is 0 Å². The SMILES string of the molecule is Cc1nccn1-c1ccc(NC(=O)c2cc(C(F)(F)F)nn2-c2ccc3onc(N)c3c2)cc1.Cc1nccn1-c1ccc(NC(=O)c2cc(C(F)(F)F)nn2-c2ccc3onc(N)c3c2)cc1. The Labute approximate surface area is 377 Å². The molecule has 0 aliphatic heterocycles. The Morgan fingerprint density at radius 1 is 0.544 bits per heavy atom. The van der Waals surface area contributed by atoms with Crippen LogP contribution in [0.4, 0.5) is 49.4 Å². The number of benzene rings is 4. The fraction of sp³-hybridized carbons (Fsp3) is 0.0909. The molecule has 0 unspecified atom stereocenters. The van der Waals surface area contributed by atoms with Gasteiger partial charge in [0.05, 0.1) is 22.1 Å². The monoisotopic (exact) mass is 934 g/mol. The lowest BCUT2D eigenvalue weighted by atomic mass is 10.2. The molecule has 4 aromatic carbocycles. The molecule has 0 aliphatic rings. The first-order valence-electron chi connectivity index (χ1n) is 19.9. The Morgan fingerprint density at radius 2 is 0.912 bits per heavy atom. The van der Waals surface area contributed by atoms with Crippen molar-refractivity contribution in [2.45, 2.75) is 26.2 Å². The van der Waals surface area contributed by atoms with Gasteiger partial charge in [-0.3, -0.25) is 9.59 Å². The van der Waals surface area contributed by atoms with Gasteiger partial charge in [-0.1, -0.05) is 10.3 Å². The van der Waals surface area contributed by atoms with Crippen molar-refractivity contribution in [1.82, 2.24) is 49.0 Å². The van der Waals surface area contributed by atoms with Crippen molar-refractivity contribution in [2.24, 2.45) is 0 Å². The molecule has 10 rings (SSSR count). The van der Waals surface area contributed by atoms with Gasteiger partial charge >= 0.3 is 12.4 Å². The molecule has 0 fully saturated rings. The Hall–Kier alpha value is -9.22. The fourth-order valence-electron chi connectivity index (χ4n) is 7.01. The standard InChI is InChI=1S/2C22H16F3N7O2/c2*1-12-27-8-9-31(12)14-4-2-13(3-5-14)28-21(33)17-11-19(22(23,24)25)29-32(17)15-6-7-18-16(10-15)20(26)30-34-18/h2*2-11H,1H3,(H2,26,30)(H,28,33). The maximum absolute atomic E-state index is 13.4. The van der Waals surface area contributed by atoms with E-state index in [9.17, 15) is 35.9 Å². The van der Waals surface area contributed by atoms with Gasteiger partial charge < -0.3 is 40.3 Å². The summed E-state index contributed by atoms with van der Waals surface area (Å²) in [5, 5.41) is 20.5. The van der Waals surface area contributed by atoms with Crippen molar-refractivity contribution in [2.75, 3.05) is 22.1 Å². The molecule has 0 atom stereocenters. The molecule has 344 valence electrons. The van der Waals surface area contributed by atoms with Gasteiger partial charge in [-0.2, -0.15) is 36.5 Å². The Kier molecular flexibility index (Phi) is 11.0. The first-order valence-corrected chi connectivity index (χ1v) is 19.9. The number of nitrogens with zero attached hydrogens (tertiary/aromatic N) is 10. The summed E-state index contributed by atoms with van der Waals surface area (Å²) in [5.41, 5.74) is 12.0. The molecule has 6 heterocycles. The van der Waals surface area contributed by atoms with Crippen LogP contribution in [0.25, 0.3) is 44.7 Å². The van der Waals surface area contributed by atoms with Crippen LogP contribution in [0.1, 0.15) is 44.0 Å². The molecule has 0 bridgehead atoms. The van der Waals surface area contributed by atoms with E-state index < -0.39 is 35.6 Å². The summed E-state index contributed by atoms with van der Waals surface area (Å²) >= 11 is 0. The summed E-state index contributed by atoms with van der Waals surface area (Å²) in [6.07, 6.45) is -2.59. The number of nitrogens with one attached hydrogen (secondary N) is 2. The van der Waals surface area contributed by atoms with E-state index in [0.29, 0.717) is 45.4 Å². The van der Waals surface area contributed by atoms with Gasteiger partial charge in [-0.15, -0.1) is 0 Å². The number of amides is 2. The number of carbonyl (C=O) groups excluding carboxylic acids is 2. The van der Waals surface area contributed by atoms with Crippen LogP contribution in [0.15, 0.2) is 131 Å². The minimum Gasteiger partial charge on any atom is -0.380 e. The van der Waals surface area contributed by atoms with Crippen LogP contribution in [-0.4, -0.2) is 60.8 Å². The lowest BCUT2D eigenvalue weighted by Crippen LogP contribution is -2.17. The summed E-state index contributed by atoms with van der Waals surface area (Å²) in [6.45, 7) is 3.69. The van der Waals surface area contributed by atoms with E-state index in [0.717, 1.165) is 32.4 Å². The van der Waals surface area contributed by atoms with E-state index in [1.165, 1.54) is 36.4 Å². The van der Waals surface area contributed by atoms with Crippen molar-refractivity contribution in [3.05, 3.63) is 156 Å². The molecule has 10 aromatic rings. The molecular weight excluding hydrogens is 903 g/mol. The zero-order chi connectivity index (χ0) is 48.1. The molecule has 0 saturated carbocycles. The maximum atomic E-state index is 13.4. The van der Waals surface area contributed by atoms with E-state index in [2.05, 4.69) is 41.1 Å². The number of alkyl halides is 6. The van der Waals surface area contributed by atoms with Gasteiger partial charge in [-0.25, -0.2) is 19.3 Å². The normalized spacial score (nSPS) is 11.8. The van der Waals surface area contributed by atoms with E-state index in [-0.39, 0.29) is 34.4 Å². The summed E-state index contributed by atoms with van der Waals surface area (Å²) in [7, 11) is 0. The highest BCUT2D eigenvalue weighted by molar-refractivity contribution is 6.04. The van der Waals surface area contributed by atoms with Crippen LogP contribution in [0.5, 0.6) is 0 Å². The number of hydrogen-bond donors (Lipinski definition) is 4. The highest BCUT2D eigenvalue weighted by Crippen LogP contribution is 2.33. The van der Waals surface area contributed by atoms with Crippen molar-refractivity contribution < 1.29 is 45.0 Å². The Bertz CT molecular complexity index is 3260. The zero-order valence-electron chi connectivity index (χ0n) is 35.1. The third-order valence-corrected chi connectivity index (χ3v) is 10.4. The predicted octanol–water partition coefficient (Wildman–Crippen LogP) is 8.72. The average molecular weight is 935 g/mol. The number of imidazole rings is 2. The number of carbonyl (C=O) groups is 2. The molecule has 6 aromatic heterocycles. The first kappa shape index (κ1) is 44.0. The van der Waals surface area contributed by atoms with Crippen LogP contribution in [-0.2, 0) is 12.4 Å². The maximum Gasteiger partial charge on any atom is 0.435 e. The van der Waals surface area contributed by atoms with Crippen molar-refractivity contribution in [3.63, 3.8) is 0 Å². The molecule has 0 spiro atoms. The number of rotatable bonds is 8. The highest BCUT2D eigenvalue weighted by atomic mass is 19.4. The van der Waals surface area contributed by atoms with Crippen molar-refractivity contribution in [3.8, 4) is 22.7 Å². The fourth-order valence-corrected chi connectivity index (χ4v) is 7.01. The lowest BCUT2D eigenvalue weighted by Gasteiger charge is -2.10. The van der Waals surface area contributed by atoms with Crippen molar-refractivity contribution in [1.29, 1.82) is 0 Å². The van der Waals surface area contributed by atoms with Gasteiger partial charge in [0.1, 0.15) is 23.0 Å². The molecule has 6 N–H and O–H groups in total. The van der Waals surface area contributed by atoms with Gasteiger partial charge in [0.2, 0.25) is 0 Å². The van der Waals surface area contributed by atoms with Crippen LogP contribution in [0, 0.1) is 13.8 Å². The van der Waals surface area contributed by atoms with E-state index in [1.54, 1.807) is 73.3 Å². The molecule has 0 aliphatic carbocycles. The summed E-state index contributed by atoms with van der Waals surface area (Å²) in [5.74, 6) is 0.163. The Balaban J connectivity index is 0.000000170. The number of hydrogen-bond acceptors (Lipinski definition) is 12. The number of aromatic nitrogens is 10. The molecular formula is C44H32F6N14O4. The van der Waals surface area contributed by atoms with Crippen LogP contribution in [0.3, 0.4) is 0 Å². The lowest BCUT2D eigenvalue weighted by molar-refractivity contribution is -0.142. The second kappa shape index (κ2) is 17.0. The van der Waals surface area contributed by atoms with Crippen LogP contribution < -0.4 is 22.1 Å². The number of aryl methyl sites for hydroxylation is 2. The number of nitrogen functional groups attached to an aromatic ring is 2. The summed E-state index contributed by atoms with van der Waals surface area (Å²) in [4.78, 5) is 34.3. The Morgan fingerprint density at radius 3 is 1.25 bits per heavy atom. The highest BCUT2D eigenvalue weighted by Gasteiger charge is 2.37. The summed E-state index contributed by atoms with van der Waals surface area (Å²) in [6, 6.07) is 23.8. The minimum atomic E-state index is -4.75. The third kappa shape index (κ3) is 8.67. The second-order valence-corrected chi connectivity index (χ2v) is 14.8. The molecule has 0 radical (unpaired) electrons. The topological polar surface area (TPSA) is 234 Å². The zero-order valence-corrected chi connectivity index (χ0v) is 35.1. The first-order chi connectivity index (χ1) is 32.4. The van der Waals surface area contributed by atoms with Gasteiger partial charge in [0, 0.05) is 59.7 Å². The smallest absolute Gasteiger partial charge is 0.380 e. The third-order valence-electron chi connectivity index (χ3n) is 10.4. The van der Waals surface area contributed by atoms with Gasteiger partial charge in [0.25, 0.3) is 11.8 Å². The average Bonchev–Trinajstić information content (AvgIpc) is 4.18. The van der Waals surface area contributed by atoms with E-state index in [1.807, 2.05) is 23.0 Å². The largest absolute Gasteiger partial charge is 0.435 e. The number of halogens is 6. The number of fused-ring (bicyclic) bond motifs is 2. The van der Waals surface area contributed by atoms with Crippen molar-refractivity contribution >= 4 is 56.8 Å². The molecule has 2 amide bonds. The van der Waals surface area contributed by atoms with Gasteiger partial charge in [0.15, 0.2) is 34.2 Å². The molecule has 68 heavy (non-hydrogen) atoms. The molecule has 0 saturated heterocycles. The van der Waals surface area contributed by atoms with Crippen LogP contribution >= 0.6 is 0 Å². The van der Waals surface area contributed by atoms with Gasteiger partial charge in [-0.05, 0) is 98.8 Å². The van der Waals surface area contributed by atoms with E-state index in [4.69, 9.17) is 20.5 Å².